The van der Waals surface area contributed by atoms with Gasteiger partial charge < -0.3 is 9.88 Å². The minimum Gasteiger partial charge on any atom is -0.353 e. The highest BCUT2D eigenvalue weighted by Gasteiger charge is 2.20. The zero-order valence-electron chi connectivity index (χ0n) is 10.0. The Bertz CT molecular complexity index is 341. The molecule has 3 nitrogen and oxygen atoms in total. The maximum absolute atomic E-state index is 11.5. The maximum atomic E-state index is 11.5. The third-order valence-corrected chi connectivity index (χ3v) is 2.72. The third kappa shape index (κ3) is 2.41. The highest BCUT2D eigenvalue weighted by molar-refractivity contribution is 5.93. The summed E-state index contributed by atoms with van der Waals surface area (Å²) in [4.78, 5) is 11.5. The van der Waals surface area contributed by atoms with Gasteiger partial charge in [-0.1, -0.05) is 20.8 Å². The molecular weight excluding hydrogens is 188 g/mol. The van der Waals surface area contributed by atoms with Crippen molar-refractivity contribution in [3.05, 3.63) is 18.0 Å². The van der Waals surface area contributed by atoms with E-state index in [1.165, 1.54) is 5.69 Å². The van der Waals surface area contributed by atoms with Crippen LogP contribution in [0.1, 0.15) is 32.9 Å². The predicted octanol–water partition coefficient (Wildman–Crippen LogP) is 2.57. The molecule has 0 fully saturated rings. The van der Waals surface area contributed by atoms with Crippen LogP contribution in [0.4, 0.5) is 5.69 Å². The normalized spacial score (nSPS) is 19.5. The van der Waals surface area contributed by atoms with Gasteiger partial charge in [0.2, 0.25) is 5.91 Å². The second kappa shape index (κ2) is 5.01. The fourth-order valence-corrected chi connectivity index (χ4v) is 1.73. The molecule has 1 aromatic rings. The van der Waals surface area contributed by atoms with Gasteiger partial charge in [-0.2, -0.15) is 0 Å². The molecule has 1 unspecified atom stereocenters. The lowest BCUT2D eigenvalue weighted by Gasteiger charge is -2.04. The van der Waals surface area contributed by atoms with E-state index in [1.54, 1.807) is 0 Å². The van der Waals surface area contributed by atoms with Gasteiger partial charge in [0.1, 0.15) is 0 Å². The molecule has 15 heavy (non-hydrogen) atoms. The summed E-state index contributed by atoms with van der Waals surface area (Å²) in [5, 5.41) is 2.93. The lowest BCUT2D eigenvalue weighted by molar-refractivity contribution is -0.119. The van der Waals surface area contributed by atoms with E-state index in [2.05, 4.69) is 9.88 Å². The van der Waals surface area contributed by atoms with Crippen LogP contribution < -0.4 is 5.32 Å². The first-order valence-corrected chi connectivity index (χ1v) is 5.63. The molecule has 0 aromatic carbocycles. The second-order valence-electron chi connectivity index (χ2n) is 3.72. The van der Waals surface area contributed by atoms with Crippen molar-refractivity contribution >= 4 is 11.6 Å². The van der Waals surface area contributed by atoms with Crippen LogP contribution in [0, 0.1) is 5.92 Å². The molecule has 2 rings (SSSR count). The van der Waals surface area contributed by atoms with Gasteiger partial charge in [0, 0.05) is 24.9 Å². The van der Waals surface area contributed by atoms with Gasteiger partial charge in [-0.05, 0) is 18.9 Å². The smallest absolute Gasteiger partial charge is 0.227 e. The largest absolute Gasteiger partial charge is 0.353 e. The van der Waals surface area contributed by atoms with Crippen molar-refractivity contribution in [1.29, 1.82) is 0 Å². The van der Waals surface area contributed by atoms with Gasteiger partial charge >= 0.3 is 0 Å². The Hall–Kier alpha value is -1.25. The standard InChI is InChI=1S/C10H14N2O.C2H6/c1-7-3-4-9-8(11-10(7)13)5-6-12(9)2;1-2/h5-7H,3-4H2,1-2H3,(H,11,13);1-2H3. The summed E-state index contributed by atoms with van der Waals surface area (Å²) < 4.78 is 2.08. The average Bonchev–Trinajstić information content (AvgIpc) is 2.51. The van der Waals surface area contributed by atoms with Crippen LogP contribution in [0.25, 0.3) is 0 Å². The van der Waals surface area contributed by atoms with E-state index in [4.69, 9.17) is 0 Å². The van der Waals surface area contributed by atoms with Gasteiger partial charge in [-0.15, -0.1) is 0 Å². The topological polar surface area (TPSA) is 34.0 Å². The third-order valence-electron chi connectivity index (χ3n) is 2.72. The molecule has 1 amide bonds. The van der Waals surface area contributed by atoms with Gasteiger partial charge in [0.15, 0.2) is 0 Å². The number of nitrogens with one attached hydrogen (secondary N) is 1. The number of anilines is 1. The molecule has 1 aliphatic rings. The first-order valence-electron chi connectivity index (χ1n) is 5.63. The summed E-state index contributed by atoms with van der Waals surface area (Å²) >= 11 is 0. The number of carbonyl (C=O) groups excluding carboxylic acids is 1. The number of nitrogens with zero attached hydrogens (tertiary/aromatic N) is 1. The van der Waals surface area contributed by atoms with Crippen LogP contribution in [0.15, 0.2) is 12.3 Å². The summed E-state index contributed by atoms with van der Waals surface area (Å²) in [5.74, 6) is 0.275. The highest BCUT2D eigenvalue weighted by atomic mass is 16.1. The van der Waals surface area contributed by atoms with Crippen molar-refractivity contribution in [2.45, 2.75) is 33.6 Å². The molecule has 0 bridgehead atoms. The summed E-state index contributed by atoms with van der Waals surface area (Å²) in [6.45, 7) is 5.97. The number of aryl methyl sites for hydroxylation is 1. The number of fused-ring (bicyclic) bond motifs is 1. The van der Waals surface area contributed by atoms with Crippen LogP contribution in [0.5, 0.6) is 0 Å². The Morgan fingerprint density at radius 1 is 1.47 bits per heavy atom. The van der Waals surface area contributed by atoms with Gasteiger partial charge in [0.05, 0.1) is 5.69 Å². The molecule has 0 radical (unpaired) electrons. The lowest BCUT2D eigenvalue weighted by atomic mass is 10.1. The molecule has 2 heterocycles. The fraction of sp³-hybridized carbons (Fsp3) is 0.583. The summed E-state index contributed by atoms with van der Waals surface area (Å²) in [7, 11) is 2.01. The molecular formula is C12H20N2O. The molecule has 0 saturated heterocycles. The van der Waals surface area contributed by atoms with E-state index in [1.807, 2.05) is 40.1 Å². The minimum absolute atomic E-state index is 0.132. The Morgan fingerprint density at radius 3 is 2.80 bits per heavy atom. The zero-order valence-corrected chi connectivity index (χ0v) is 10.0. The van der Waals surface area contributed by atoms with Gasteiger partial charge in [-0.25, -0.2) is 0 Å². The van der Waals surface area contributed by atoms with Gasteiger partial charge in [-0.3, -0.25) is 4.79 Å². The second-order valence-corrected chi connectivity index (χ2v) is 3.72. The van der Waals surface area contributed by atoms with E-state index < -0.39 is 0 Å². The first-order chi connectivity index (χ1) is 7.18. The first kappa shape index (κ1) is 11.8. The van der Waals surface area contributed by atoms with E-state index in [0.717, 1.165) is 18.5 Å². The predicted molar refractivity (Wildman–Crippen MR) is 62.9 cm³/mol. The average molecular weight is 208 g/mol. The quantitative estimate of drug-likeness (QED) is 0.698. The van der Waals surface area contributed by atoms with Crippen molar-refractivity contribution in [2.75, 3.05) is 5.32 Å². The molecule has 0 spiro atoms. The summed E-state index contributed by atoms with van der Waals surface area (Å²) in [6.07, 6.45) is 3.91. The maximum Gasteiger partial charge on any atom is 0.227 e. The van der Waals surface area contributed by atoms with Crippen LogP contribution in [0.2, 0.25) is 0 Å². The number of rotatable bonds is 0. The highest BCUT2D eigenvalue weighted by Crippen LogP contribution is 2.24. The fourth-order valence-electron chi connectivity index (χ4n) is 1.73. The SMILES string of the molecule is CC.CC1CCc2c(ccn2C)NC1=O. The molecule has 84 valence electrons. The van der Waals surface area contributed by atoms with Crippen LogP contribution in [-0.2, 0) is 18.3 Å². The molecule has 1 aliphatic heterocycles. The van der Waals surface area contributed by atoms with E-state index >= 15 is 0 Å². The van der Waals surface area contributed by atoms with E-state index in [0.29, 0.717) is 0 Å². The van der Waals surface area contributed by atoms with Crippen molar-refractivity contribution in [1.82, 2.24) is 4.57 Å². The molecule has 0 saturated carbocycles. The molecule has 1 aromatic heterocycles. The number of hydrogen-bond acceptors (Lipinski definition) is 1. The van der Waals surface area contributed by atoms with Crippen LogP contribution in [0.3, 0.4) is 0 Å². The van der Waals surface area contributed by atoms with Crippen LogP contribution >= 0.6 is 0 Å². The van der Waals surface area contributed by atoms with Crippen molar-refractivity contribution < 1.29 is 4.79 Å². The Labute approximate surface area is 91.5 Å². The van der Waals surface area contributed by atoms with Crippen molar-refractivity contribution in [2.24, 2.45) is 13.0 Å². The summed E-state index contributed by atoms with van der Waals surface area (Å²) in [5.41, 5.74) is 2.22. The minimum atomic E-state index is 0.132. The van der Waals surface area contributed by atoms with E-state index in [9.17, 15) is 4.79 Å². The van der Waals surface area contributed by atoms with Crippen molar-refractivity contribution in [3.63, 3.8) is 0 Å². The Kier molecular flexibility index (Phi) is 3.95. The molecule has 3 heteroatoms. The molecule has 1 N–H and O–H groups in total. The Balaban J connectivity index is 0.000000531. The lowest BCUT2D eigenvalue weighted by Crippen LogP contribution is -2.18. The molecule has 0 aliphatic carbocycles. The summed E-state index contributed by atoms with van der Waals surface area (Å²) in [6, 6.07) is 1.96. The number of aromatic nitrogens is 1. The van der Waals surface area contributed by atoms with Crippen molar-refractivity contribution in [3.8, 4) is 0 Å². The monoisotopic (exact) mass is 208 g/mol. The Morgan fingerprint density at radius 2 is 2.13 bits per heavy atom. The number of carbonyl (C=O) groups is 1. The van der Waals surface area contributed by atoms with E-state index in [-0.39, 0.29) is 11.8 Å². The zero-order chi connectivity index (χ0) is 11.4. The molecule has 1 atom stereocenters. The number of amides is 1. The van der Waals surface area contributed by atoms with Crippen LogP contribution in [-0.4, -0.2) is 10.5 Å². The number of hydrogen-bond donors (Lipinski definition) is 1. The van der Waals surface area contributed by atoms with Gasteiger partial charge in [0.25, 0.3) is 0 Å².